The molecule has 0 radical (unpaired) electrons. The SMILES string of the molecule is O=C(Nc1ccc(F)cc1)C(c1ccccc1)N(C(=O)Cn1nnc2ccccc21)c1ccccc1. The van der Waals surface area contributed by atoms with Crippen LogP contribution in [0.2, 0.25) is 0 Å². The average molecular weight is 480 g/mol. The highest BCUT2D eigenvalue weighted by Crippen LogP contribution is 2.29. The molecular formula is C28H22FN5O2. The van der Waals surface area contributed by atoms with Gasteiger partial charge in [0.25, 0.3) is 5.91 Å². The van der Waals surface area contributed by atoms with E-state index in [0.29, 0.717) is 28.0 Å². The Morgan fingerprint density at radius 2 is 1.47 bits per heavy atom. The Labute approximate surface area is 206 Å². The Bertz CT molecular complexity index is 1490. The van der Waals surface area contributed by atoms with Crippen molar-refractivity contribution in [1.29, 1.82) is 0 Å². The highest BCUT2D eigenvalue weighted by molar-refractivity contribution is 6.05. The third-order valence-corrected chi connectivity index (χ3v) is 5.74. The fourth-order valence-electron chi connectivity index (χ4n) is 4.06. The van der Waals surface area contributed by atoms with Crippen LogP contribution >= 0.6 is 0 Å². The number of nitrogens with zero attached hydrogens (tertiary/aromatic N) is 4. The summed E-state index contributed by atoms with van der Waals surface area (Å²) in [6, 6.07) is 29.9. The second-order valence-electron chi connectivity index (χ2n) is 8.14. The number of rotatable bonds is 7. The van der Waals surface area contributed by atoms with Gasteiger partial charge in [-0.15, -0.1) is 5.10 Å². The molecule has 178 valence electrons. The van der Waals surface area contributed by atoms with Crippen molar-refractivity contribution in [3.8, 4) is 0 Å². The molecule has 2 amide bonds. The van der Waals surface area contributed by atoms with E-state index < -0.39 is 17.8 Å². The normalized spacial score (nSPS) is 11.7. The molecule has 0 aliphatic rings. The van der Waals surface area contributed by atoms with Crippen LogP contribution in [0.25, 0.3) is 11.0 Å². The number of amides is 2. The molecule has 0 fully saturated rings. The zero-order valence-corrected chi connectivity index (χ0v) is 19.2. The van der Waals surface area contributed by atoms with E-state index >= 15 is 0 Å². The summed E-state index contributed by atoms with van der Waals surface area (Å²) in [5.74, 6) is -1.19. The number of carbonyl (C=O) groups excluding carboxylic acids is 2. The third kappa shape index (κ3) is 4.83. The number of para-hydroxylation sites is 2. The first-order chi connectivity index (χ1) is 17.6. The lowest BCUT2D eigenvalue weighted by Gasteiger charge is -2.31. The van der Waals surface area contributed by atoms with Crippen LogP contribution < -0.4 is 10.2 Å². The molecule has 1 N–H and O–H groups in total. The van der Waals surface area contributed by atoms with Gasteiger partial charge in [-0.25, -0.2) is 9.07 Å². The van der Waals surface area contributed by atoms with E-state index in [2.05, 4.69) is 15.6 Å². The molecule has 5 aromatic rings. The number of carbonyl (C=O) groups is 2. The van der Waals surface area contributed by atoms with Gasteiger partial charge in [-0.1, -0.05) is 65.9 Å². The molecule has 5 rings (SSSR count). The smallest absolute Gasteiger partial charge is 0.252 e. The van der Waals surface area contributed by atoms with Gasteiger partial charge in [-0.3, -0.25) is 14.5 Å². The summed E-state index contributed by atoms with van der Waals surface area (Å²) in [7, 11) is 0. The Morgan fingerprint density at radius 1 is 0.833 bits per heavy atom. The van der Waals surface area contributed by atoms with Crippen molar-refractivity contribution in [2.75, 3.05) is 10.2 Å². The van der Waals surface area contributed by atoms with Crippen LogP contribution in [0.1, 0.15) is 11.6 Å². The zero-order valence-electron chi connectivity index (χ0n) is 19.2. The zero-order chi connectivity index (χ0) is 24.9. The minimum absolute atomic E-state index is 0.122. The first kappa shape index (κ1) is 22.9. The van der Waals surface area contributed by atoms with Gasteiger partial charge in [0.15, 0.2) is 0 Å². The van der Waals surface area contributed by atoms with Gasteiger partial charge in [0.2, 0.25) is 5.91 Å². The summed E-state index contributed by atoms with van der Waals surface area (Å²) < 4.78 is 14.9. The largest absolute Gasteiger partial charge is 0.324 e. The number of nitrogens with one attached hydrogen (secondary N) is 1. The Kier molecular flexibility index (Phi) is 6.48. The Morgan fingerprint density at radius 3 is 2.19 bits per heavy atom. The summed E-state index contributed by atoms with van der Waals surface area (Å²) in [6.07, 6.45) is 0. The lowest BCUT2D eigenvalue weighted by molar-refractivity contribution is -0.124. The molecule has 1 atom stereocenters. The molecule has 0 saturated heterocycles. The van der Waals surface area contributed by atoms with Crippen molar-refractivity contribution in [3.05, 3.63) is 121 Å². The van der Waals surface area contributed by atoms with Gasteiger partial charge in [0.1, 0.15) is 23.9 Å². The molecule has 1 heterocycles. The monoisotopic (exact) mass is 479 g/mol. The summed E-state index contributed by atoms with van der Waals surface area (Å²) >= 11 is 0. The highest BCUT2D eigenvalue weighted by Gasteiger charge is 2.33. The maximum atomic E-state index is 13.9. The van der Waals surface area contributed by atoms with Crippen LogP contribution in [0.3, 0.4) is 0 Å². The van der Waals surface area contributed by atoms with Crippen LogP contribution in [0, 0.1) is 5.82 Å². The molecule has 7 nitrogen and oxygen atoms in total. The van der Waals surface area contributed by atoms with E-state index in [1.165, 1.54) is 33.8 Å². The molecule has 0 saturated carbocycles. The van der Waals surface area contributed by atoms with Crippen molar-refractivity contribution in [2.24, 2.45) is 0 Å². The fraction of sp³-hybridized carbons (Fsp3) is 0.0714. The van der Waals surface area contributed by atoms with Gasteiger partial charge < -0.3 is 5.32 Å². The van der Waals surface area contributed by atoms with Crippen LogP contribution in [-0.2, 0) is 16.1 Å². The lowest BCUT2D eigenvalue weighted by atomic mass is 10.0. The maximum absolute atomic E-state index is 13.9. The highest BCUT2D eigenvalue weighted by atomic mass is 19.1. The standard InChI is InChI=1S/C28H22FN5O2/c29-21-15-17-22(18-16-21)30-28(36)27(20-9-3-1-4-10-20)34(23-11-5-2-6-12-23)26(35)19-33-25-14-8-7-13-24(25)31-32-33/h1-18,27H,19H2,(H,30,36). The van der Waals surface area contributed by atoms with Gasteiger partial charge in [0, 0.05) is 11.4 Å². The summed E-state index contributed by atoms with van der Waals surface area (Å²) in [5.41, 5.74) is 2.98. The second kappa shape index (κ2) is 10.2. The van der Waals surface area contributed by atoms with E-state index in [9.17, 15) is 14.0 Å². The molecule has 36 heavy (non-hydrogen) atoms. The molecule has 0 aliphatic heterocycles. The average Bonchev–Trinajstić information content (AvgIpc) is 3.32. The van der Waals surface area contributed by atoms with E-state index in [-0.39, 0.29) is 12.5 Å². The van der Waals surface area contributed by atoms with Gasteiger partial charge >= 0.3 is 0 Å². The third-order valence-electron chi connectivity index (χ3n) is 5.74. The number of halogens is 1. The van der Waals surface area contributed by atoms with E-state index in [4.69, 9.17) is 0 Å². The van der Waals surface area contributed by atoms with Crippen molar-refractivity contribution in [3.63, 3.8) is 0 Å². The summed E-state index contributed by atoms with van der Waals surface area (Å²) in [6.45, 7) is -0.122. The quantitative estimate of drug-likeness (QED) is 0.357. The molecule has 4 aromatic carbocycles. The predicted molar refractivity (Wildman–Crippen MR) is 136 cm³/mol. The maximum Gasteiger partial charge on any atom is 0.252 e. The van der Waals surface area contributed by atoms with Crippen molar-refractivity contribution < 1.29 is 14.0 Å². The van der Waals surface area contributed by atoms with E-state index in [0.717, 1.165) is 0 Å². The lowest BCUT2D eigenvalue weighted by Crippen LogP contribution is -2.43. The van der Waals surface area contributed by atoms with Crippen LogP contribution in [-0.4, -0.2) is 26.8 Å². The van der Waals surface area contributed by atoms with Crippen LogP contribution in [0.5, 0.6) is 0 Å². The number of fused-ring (bicyclic) bond motifs is 1. The van der Waals surface area contributed by atoms with Crippen LogP contribution in [0.15, 0.2) is 109 Å². The minimum Gasteiger partial charge on any atom is -0.324 e. The predicted octanol–water partition coefficient (Wildman–Crippen LogP) is 4.98. The van der Waals surface area contributed by atoms with Crippen molar-refractivity contribution in [1.82, 2.24) is 15.0 Å². The number of aromatic nitrogens is 3. The number of hydrogen-bond donors (Lipinski definition) is 1. The van der Waals surface area contributed by atoms with Crippen molar-refractivity contribution in [2.45, 2.75) is 12.6 Å². The van der Waals surface area contributed by atoms with Gasteiger partial charge in [0.05, 0.1) is 5.52 Å². The van der Waals surface area contributed by atoms with Crippen molar-refractivity contribution >= 4 is 34.2 Å². The molecule has 0 aliphatic carbocycles. The molecule has 1 aromatic heterocycles. The molecule has 0 bridgehead atoms. The number of anilines is 2. The van der Waals surface area contributed by atoms with Gasteiger partial charge in [-0.05, 0) is 54.1 Å². The Hall–Kier alpha value is -4.85. The minimum atomic E-state index is -0.999. The first-order valence-corrected chi connectivity index (χ1v) is 11.4. The molecule has 8 heteroatoms. The molecule has 1 unspecified atom stereocenters. The Balaban J connectivity index is 1.56. The van der Waals surface area contributed by atoms with E-state index in [1.54, 1.807) is 36.4 Å². The fourth-order valence-corrected chi connectivity index (χ4v) is 4.06. The van der Waals surface area contributed by atoms with E-state index in [1.807, 2.05) is 48.5 Å². The topological polar surface area (TPSA) is 80.1 Å². The van der Waals surface area contributed by atoms with Crippen LogP contribution in [0.4, 0.5) is 15.8 Å². The number of hydrogen-bond acceptors (Lipinski definition) is 4. The first-order valence-electron chi connectivity index (χ1n) is 11.4. The number of benzene rings is 4. The molecule has 0 spiro atoms. The summed E-state index contributed by atoms with van der Waals surface area (Å²) in [5, 5.41) is 11.1. The second-order valence-corrected chi connectivity index (χ2v) is 8.14. The summed E-state index contributed by atoms with van der Waals surface area (Å²) in [4.78, 5) is 29.0. The van der Waals surface area contributed by atoms with Gasteiger partial charge in [-0.2, -0.15) is 0 Å². The molecular weight excluding hydrogens is 457 g/mol.